The summed E-state index contributed by atoms with van der Waals surface area (Å²) in [6.07, 6.45) is 0.0462. The number of hydrogen-bond acceptors (Lipinski definition) is 4. The van der Waals surface area contributed by atoms with Crippen molar-refractivity contribution in [1.29, 1.82) is 0 Å². The van der Waals surface area contributed by atoms with Crippen molar-refractivity contribution in [2.24, 2.45) is 0 Å². The van der Waals surface area contributed by atoms with Gasteiger partial charge in [-0.1, -0.05) is 42.5 Å². The van der Waals surface area contributed by atoms with Crippen molar-refractivity contribution in [3.05, 3.63) is 95.2 Å². The highest BCUT2D eigenvalue weighted by molar-refractivity contribution is 6.46. The number of amides is 2. The van der Waals surface area contributed by atoms with Gasteiger partial charge in [-0.25, -0.2) is 4.90 Å². The lowest BCUT2D eigenvalue weighted by Gasteiger charge is -2.18. The van der Waals surface area contributed by atoms with Gasteiger partial charge in [-0.05, 0) is 74.7 Å². The molecule has 0 spiro atoms. The topological polar surface area (TPSA) is 58.6 Å². The SMILES string of the molecule is Cc1ccc(C)c(N2C(=O)C(Nc3ccccc3)=C(c3ccc(OC(C)C)cc3)C2=O)c1. The predicted molar refractivity (Wildman–Crippen MR) is 128 cm³/mol. The molecule has 2 amide bonds. The van der Waals surface area contributed by atoms with Gasteiger partial charge < -0.3 is 10.1 Å². The van der Waals surface area contributed by atoms with Gasteiger partial charge in [0.25, 0.3) is 11.8 Å². The zero-order chi connectivity index (χ0) is 22.8. The van der Waals surface area contributed by atoms with Crippen LogP contribution in [0.2, 0.25) is 0 Å². The summed E-state index contributed by atoms with van der Waals surface area (Å²) in [7, 11) is 0. The lowest BCUT2D eigenvalue weighted by atomic mass is 10.0. The number of imide groups is 1. The van der Waals surface area contributed by atoms with Gasteiger partial charge in [0.05, 0.1) is 17.4 Å². The van der Waals surface area contributed by atoms with E-state index in [9.17, 15) is 9.59 Å². The third kappa shape index (κ3) is 4.14. The first kappa shape index (κ1) is 21.4. The highest BCUT2D eigenvalue weighted by Crippen LogP contribution is 2.36. The van der Waals surface area contributed by atoms with Gasteiger partial charge in [0.2, 0.25) is 0 Å². The number of carbonyl (C=O) groups excluding carboxylic acids is 2. The van der Waals surface area contributed by atoms with Gasteiger partial charge in [-0.3, -0.25) is 9.59 Å². The fourth-order valence-corrected chi connectivity index (χ4v) is 3.73. The molecule has 0 radical (unpaired) electrons. The zero-order valence-corrected chi connectivity index (χ0v) is 18.7. The molecule has 0 saturated carbocycles. The van der Waals surface area contributed by atoms with E-state index in [-0.39, 0.29) is 23.6 Å². The Morgan fingerprint density at radius 1 is 0.844 bits per heavy atom. The van der Waals surface area contributed by atoms with Crippen LogP contribution < -0.4 is 15.0 Å². The maximum atomic E-state index is 13.6. The molecule has 0 atom stereocenters. The second kappa shape index (κ2) is 8.71. The van der Waals surface area contributed by atoms with Crippen LogP contribution in [0.5, 0.6) is 5.75 Å². The Labute approximate surface area is 188 Å². The Morgan fingerprint density at radius 2 is 1.53 bits per heavy atom. The summed E-state index contributed by atoms with van der Waals surface area (Å²) in [6, 6.07) is 22.4. The molecule has 1 aliphatic heterocycles. The highest BCUT2D eigenvalue weighted by Gasteiger charge is 2.40. The number of aryl methyl sites for hydroxylation is 2. The average Bonchev–Trinajstić information content (AvgIpc) is 3.00. The summed E-state index contributed by atoms with van der Waals surface area (Å²) in [4.78, 5) is 28.4. The summed E-state index contributed by atoms with van der Waals surface area (Å²) in [6.45, 7) is 7.76. The molecule has 4 rings (SSSR count). The third-order valence-electron chi connectivity index (χ3n) is 5.25. The van der Waals surface area contributed by atoms with Crippen LogP contribution >= 0.6 is 0 Å². The van der Waals surface area contributed by atoms with E-state index in [0.29, 0.717) is 22.6 Å². The summed E-state index contributed by atoms with van der Waals surface area (Å²) in [5, 5.41) is 3.19. The molecule has 0 aromatic heterocycles. The predicted octanol–water partition coefficient (Wildman–Crippen LogP) is 5.49. The molecule has 0 bridgehead atoms. The minimum absolute atomic E-state index is 0.0462. The molecule has 0 unspecified atom stereocenters. The van der Waals surface area contributed by atoms with Crippen LogP contribution in [0, 0.1) is 13.8 Å². The summed E-state index contributed by atoms with van der Waals surface area (Å²) < 4.78 is 5.73. The third-order valence-corrected chi connectivity index (χ3v) is 5.25. The first-order chi connectivity index (χ1) is 15.3. The number of ether oxygens (including phenoxy) is 1. The van der Waals surface area contributed by atoms with E-state index < -0.39 is 0 Å². The van der Waals surface area contributed by atoms with Crippen molar-refractivity contribution in [1.82, 2.24) is 0 Å². The van der Waals surface area contributed by atoms with Gasteiger partial charge in [0, 0.05) is 5.69 Å². The largest absolute Gasteiger partial charge is 0.491 e. The van der Waals surface area contributed by atoms with Crippen LogP contribution in [0.3, 0.4) is 0 Å². The summed E-state index contributed by atoms with van der Waals surface area (Å²) >= 11 is 0. The monoisotopic (exact) mass is 426 g/mol. The summed E-state index contributed by atoms with van der Waals surface area (Å²) in [5.74, 6) is -0.00482. The second-order valence-corrected chi connectivity index (χ2v) is 8.17. The molecule has 3 aromatic rings. The van der Waals surface area contributed by atoms with Crippen molar-refractivity contribution >= 4 is 28.8 Å². The number of para-hydroxylation sites is 1. The second-order valence-electron chi connectivity index (χ2n) is 8.17. The van der Waals surface area contributed by atoms with Crippen molar-refractivity contribution in [2.75, 3.05) is 10.2 Å². The van der Waals surface area contributed by atoms with Gasteiger partial charge in [-0.15, -0.1) is 0 Å². The smallest absolute Gasteiger partial charge is 0.282 e. The van der Waals surface area contributed by atoms with E-state index in [4.69, 9.17) is 4.74 Å². The van der Waals surface area contributed by atoms with E-state index in [1.54, 1.807) is 0 Å². The van der Waals surface area contributed by atoms with Gasteiger partial charge in [0.15, 0.2) is 0 Å². The lowest BCUT2D eigenvalue weighted by molar-refractivity contribution is -0.120. The van der Waals surface area contributed by atoms with Crippen LogP contribution in [0.1, 0.15) is 30.5 Å². The first-order valence-corrected chi connectivity index (χ1v) is 10.6. The maximum absolute atomic E-state index is 13.6. The number of hydrogen-bond donors (Lipinski definition) is 1. The molecule has 1 N–H and O–H groups in total. The van der Waals surface area contributed by atoms with Gasteiger partial charge >= 0.3 is 0 Å². The molecular weight excluding hydrogens is 400 g/mol. The quantitative estimate of drug-likeness (QED) is 0.530. The highest BCUT2D eigenvalue weighted by atomic mass is 16.5. The molecule has 5 heteroatoms. The standard InChI is InChI=1S/C27H26N2O3/c1-17(2)32-22-14-12-20(13-15-22)24-25(28-21-8-6-5-7-9-21)27(31)29(26(24)30)23-16-18(3)10-11-19(23)4/h5-17,28H,1-4H3. The maximum Gasteiger partial charge on any atom is 0.282 e. The number of benzene rings is 3. The number of nitrogens with one attached hydrogen (secondary N) is 1. The normalized spacial score (nSPS) is 13.8. The molecule has 1 heterocycles. The van der Waals surface area contributed by atoms with E-state index in [0.717, 1.165) is 16.8 Å². The number of rotatable bonds is 6. The zero-order valence-electron chi connectivity index (χ0n) is 18.7. The Kier molecular flexibility index (Phi) is 5.82. The molecule has 5 nitrogen and oxygen atoms in total. The van der Waals surface area contributed by atoms with Gasteiger partial charge in [0.1, 0.15) is 11.4 Å². The fraction of sp³-hybridized carbons (Fsp3) is 0.185. The van der Waals surface area contributed by atoms with Crippen LogP contribution in [-0.4, -0.2) is 17.9 Å². The minimum atomic E-state index is -0.370. The molecule has 32 heavy (non-hydrogen) atoms. The molecule has 162 valence electrons. The van der Waals surface area contributed by atoms with Crippen molar-refractivity contribution in [2.45, 2.75) is 33.8 Å². The van der Waals surface area contributed by atoms with Gasteiger partial charge in [-0.2, -0.15) is 0 Å². The number of carbonyl (C=O) groups is 2. The number of nitrogens with zero attached hydrogens (tertiary/aromatic N) is 1. The Balaban J connectivity index is 1.80. The van der Waals surface area contributed by atoms with Crippen LogP contribution in [0.15, 0.2) is 78.5 Å². The van der Waals surface area contributed by atoms with E-state index in [1.807, 2.05) is 100 Å². The van der Waals surface area contributed by atoms with Crippen molar-refractivity contribution in [3.63, 3.8) is 0 Å². The molecule has 3 aromatic carbocycles. The average molecular weight is 427 g/mol. The molecular formula is C27H26N2O3. The Morgan fingerprint density at radius 3 is 2.19 bits per heavy atom. The molecule has 0 aliphatic carbocycles. The fourth-order valence-electron chi connectivity index (χ4n) is 3.73. The van der Waals surface area contributed by atoms with E-state index >= 15 is 0 Å². The van der Waals surface area contributed by atoms with E-state index in [1.165, 1.54) is 4.90 Å². The molecule has 1 aliphatic rings. The molecule has 0 fully saturated rings. The molecule has 0 saturated heterocycles. The van der Waals surface area contributed by atoms with Crippen LogP contribution in [0.4, 0.5) is 11.4 Å². The van der Waals surface area contributed by atoms with Crippen LogP contribution in [0.25, 0.3) is 5.57 Å². The van der Waals surface area contributed by atoms with E-state index in [2.05, 4.69) is 5.32 Å². The minimum Gasteiger partial charge on any atom is -0.491 e. The Hall–Kier alpha value is -3.86. The summed E-state index contributed by atoms with van der Waals surface area (Å²) in [5.41, 5.74) is 4.44. The van der Waals surface area contributed by atoms with Crippen molar-refractivity contribution < 1.29 is 14.3 Å². The number of anilines is 2. The van der Waals surface area contributed by atoms with Crippen molar-refractivity contribution in [3.8, 4) is 5.75 Å². The van der Waals surface area contributed by atoms with Crippen LogP contribution in [-0.2, 0) is 9.59 Å². The lowest BCUT2D eigenvalue weighted by Crippen LogP contribution is -2.33. The first-order valence-electron chi connectivity index (χ1n) is 10.6. The Bertz CT molecular complexity index is 1200.